The molecule has 1 N–H and O–H groups in total. The van der Waals surface area contributed by atoms with Crippen LogP contribution in [0.15, 0.2) is 39.9 Å². The third kappa shape index (κ3) is 5.30. The zero-order chi connectivity index (χ0) is 20.0. The summed E-state index contributed by atoms with van der Waals surface area (Å²) >= 11 is 3.33. The monoisotopic (exact) mass is 434 g/mol. The van der Waals surface area contributed by atoms with E-state index in [4.69, 9.17) is 14.2 Å². The Morgan fingerprint density at radius 2 is 1.81 bits per heavy atom. The van der Waals surface area contributed by atoms with Crippen molar-refractivity contribution in [3.8, 4) is 17.2 Å². The second-order valence-electron chi connectivity index (χ2n) is 5.53. The van der Waals surface area contributed by atoms with Crippen molar-refractivity contribution in [3.63, 3.8) is 0 Å². The summed E-state index contributed by atoms with van der Waals surface area (Å²) < 4.78 is 16.1. The number of hydrazone groups is 1. The molecule has 0 saturated carbocycles. The van der Waals surface area contributed by atoms with E-state index in [-0.39, 0.29) is 5.75 Å². The maximum Gasteiger partial charge on any atom is 0.308 e. The zero-order valence-corrected chi connectivity index (χ0v) is 16.9. The molecule has 27 heavy (non-hydrogen) atoms. The van der Waals surface area contributed by atoms with E-state index in [1.165, 1.54) is 27.4 Å². The van der Waals surface area contributed by atoms with Crippen molar-refractivity contribution < 1.29 is 23.8 Å². The highest BCUT2D eigenvalue weighted by atomic mass is 79.9. The van der Waals surface area contributed by atoms with Crippen molar-refractivity contribution in [1.29, 1.82) is 0 Å². The molecule has 0 aliphatic heterocycles. The molecule has 0 bridgehead atoms. The normalized spacial score (nSPS) is 10.6. The van der Waals surface area contributed by atoms with E-state index in [2.05, 4.69) is 26.5 Å². The molecule has 0 heterocycles. The number of rotatable bonds is 6. The van der Waals surface area contributed by atoms with E-state index < -0.39 is 11.9 Å². The Morgan fingerprint density at radius 3 is 2.44 bits per heavy atom. The molecule has 0 fully saturated rings. The Bertz CT molecular complexity index is 896. The predicted octanol–water partition coefficient (Wildman–Crippen LogP) is 3.46. The number of methoxy groups -OCH3 is 2. The van der Waals surface area contributed by atoms with Crippen LogP contribution in [0.25, 0.3) is 0 Å². The first-order chi connectivity index (χ1) is 12.8. The summed E-state index contributed by atoms with van der Waals surface area (Å²) in [5.74, 6) is 0.237. The molecule has 7 nitrogen and oxygen atoms in total. The summed E-state index contributed by atoms with van der Waals surface area (Å²) in [5, 5.41) is 3.96. The average molecular weight is 435 g/mol. The quantitative estimate of drug-likeness (QED) is 0.325. The number of halogens is 1. The highest BCUT2D eigenvalue weighted by molar-refractivity contribution is 9.10. The van der Waals surface area contributed by atoms with Gasteiger partial charge in [-0.25, -0.2) is 5.43 Å². The van der Waals surface area contributed by atoms with Gasteiger partial charge in [-0.1, -0.05) is 6.07 Å². The molecule has 0 atom stereocenters. The smallest absolute Gasteiger partial charge is 0.308 e. The van der Waals surface area contributed by atoms with Crippen LogP contribution in [0.2, 0.25) is 0 Å². The zero-order valence-electron chi connectivity index (χ0n) is 15.3. The molecule has 1 amide bonds. The lowest BCUT2D eigenvalue weighted by Crippen LogP contribution is -2.18. The van der Waals surface area contributed by atoms with Gasteiger partial charge in [0.2, 0.25) is 0 Å². The van der Waals surface area contributed by atoms with Crippen molar-refractivity contribution in [2.75, 3.05) is 14.2 Å². The summed E-state index contributed by atoms with van der Waals surface area (Å²) in [6.07, 6.45) is 1.45. The predicted molar refractivity (Wildman–Crippen MR) is 105 cm³/mol. The molecule has 0 aromatic heterocycles. The molecule has 0 saturated heterocycles. The van der Waals surface area contributed by atoms with Crippen LogP contribution < -0.4 is 19.6 Å². The molecule has 0 unspecified atom stereocenters. The third-order valence-electron chi connectivity index (χ3n) is 3.48. The van der Waals surface area contributed by atoms with Gasteiger partial charge >= 0.3 is 5.97 Å². The fraction of sp³-hybridized carbons (Fsp3) is 0.211. The van der Waals surface area contributed by atoms with Crippen LogP contribution in [-0.4, -0.2) is 32.3 Å². The fourth-order valence-electron chi connectivity index (χ4n) is 2.27. The van der Waals surface area contributed by atoms with E-state index in [1.54, 1.807) is 24.3 Å². The summed E-state index contributed by atoms with van der Waals surface area (Å²) in [7, 11) is 2.96. The van der Waals surface area contributed by atoms with Crippen LogP contribution in [0.5, 0.6) is 17.2 Å². The Labute approximate surface area is 165 Å². The minimum atomic E-state index is -0.463. The number of nitrogens with one attached hydrogen (secondary N) is 1. The van der Waals surface area contributed by atoms with Crippen LogP contribution in [0, 0.1) is 6.92 Å². The molecule has 8 heteroatoms. The third-order valence-corrected chi connectivity index (χ3v) is 4.07. The first-order valence-corrected chi connectivity index (χ1v) is 8.69. The molecule has 2 aromatic carbocycles. The molecule has 0 spiro atoms. The largest absolute Gasteiger partial charge is 0.496 e. The second-order valence-corrected chi connectivity index (χ2v) is 6.38. The van der Waals surface area contributed by atoms with Gasteiger partial charge in [-0.2, -0.15) is 5.10 Å². The Balaban J connectivity index is 2.17. The van der Waals surface area contributed by atoms with Crippen molar-refractivity contribution in [3.05, 3.63) is 51.5 Å². The molecular formula is C19H19BrN2O5. The first-order valence-electron chi connectivity index (χ1n) is 7.89. The van der Waals surface area contributed by atoms with Crippen LogP contribution in [0.4, 0.5) is 0 Å². The molecule has 0 aliphatic rings. The van der Waals surface area contributed by atoms with Gasteiger partial charge in [-0.15, -0.1) is 0 Å². The number of hydrogen-bond donors (Lipinski definition) is 1. The lowest BCUT2D eigenvalue weighted by atomic mass is 10.1. The molecule has 0 aliphatic carbocycles. The number of esters is 1. The van der Waals surface area contributed by atoms with E-state index in [0.29, 0.717) is 27.1 Å². The molecule has 142 valence electrons. The van der Waals surface area contributed by atoms with Gasteiger partial charge in [-0.05, 0) is 58.2 Å². The number of hydrogen-bond acceptors (Lipinski definition) is 6. The van der Waals surface area contributed by atoms with Gasteiger partial charge in [-0.3, -0.25) is 9.59 Å². The van der Waals surface area contributed by atoms with Gasteiger partial charge in [0.15, 0.2) is 11.5 Å². The topological polar surface area (TPSA) is 86.2 Å². The van der Waals surface area contributed by atoms with Gasteiger partial charge in [0.25, 0.3) is 5.91 Å². The van der Waals surface area contributed by atoms with Gasteiger partial charge < -0.3 is 14.2 Å². The molecule has 2 aromatic rings. The number of ether oxygens (including phenoxy) is 3. The molecule has 0 radical (unpaired) electrons. The maximum atomic E-state index is 12.3. The Kier molecular flexibility index (Phi) is 6.95. The lowest BCUT2D eigenvalue weighted by molar-refractivity contribution is -0.132. The standard InChI is InChI=1S/C19H19BrN2O5/c1-11-5-6-14(16(7-11)25-3)19(24)22-21-10-13-8-15(20)18(27-12(2)23)17(9-13)26-4/h5-10H,1-4H3,(H,22,24)/b21-10-. The van der Waals surface area contributed by atoms with Gasteiger partial charge in [0.1, 0.15) is 5.75 Å². The summed E-state index contributed by atoms with van der Waals surface area (Å²) in [5.41, 5.74) is 4.45. The highest BCUT2D eigenvalue weighted by Gasteiger charge is 2.14. The SMILES string of the molecule is COc1cc(C)ccc1C(=O)N/N=C\c1cc(Br)c(OC(C)=O)c(OC)c1. The van der Waals surface area contributed by atoms with Crippen LogP contribution in [-0.2, 0) is 4.79 Å². The summed E-state index contributed by atoms with van der Waals surface area (Å²) in [6, 6.07) is 8.58. The van der Waals surface area contributed by atoms with Gasteiger partial charge in [0.05, 0.1) is 30.5 Å². The van der Waals surface area contributed by atoms with Crippen molar-refractivity contribution in [2.24, 2.45) is 5.10 Å². The number of aryl methyl sites for hydroxylation is 1. The number of benzene rings is 2. The van der Waals surface area contributed by atoms with E-state index in [0.717, 1.165) is 5.56 Å². The molecular weight excluding hydrogens is 416 g/mol. The molecule has 2 rings (SSSR count). The number of carbonyl (C=O) groups excluding carboxylic acids is 2. The Hall–Kier alpha value is -2.87. The van der Waals surface area contributed by atoms with Crippen molar-refractivity contribution in [2.45, 2.75) is 13.8 Å². The van der Waals surface area contributed by atoms with E-state index in [9.17, 15) is 9.59 Å². The van der Waals surface area contributed by atoms with E-state index >= 15 is 0 Å². The van der Waals surface area contributed by atoms with Crippen LogP contribution >= 0.6 is 15.9 Å². The first kappa shape index (κ1) is 20.4. The fourth-order valence-corrected chi connectivity index (χ4v) is 2.81. The van der Waals surface area contributed by atoms with Gasteiger partial charge in [0, 0.05) is 6.92 Å². The highest BCUT2D eigenvalue weighted by Crippen LogP contribution is 2.36. The number of carbonyl (C=O) groups is 2. The minimum Gasteiger partial charge on any atom is -0.496 e. The minimum absolute atomic E-state index is 0.274. The number of amides is 1. The second kappa shape index (κ2) is 9.18. The van der Waals surface area contributed by atoms with Crippen LogP contribution in [0.1, 0.15) is 28.4 Å². The van der Waals surface area contributed by atoms with Crippen molar-refractivity contribution >= 4 is 34.0 Å². The Morgan fingerprint density at radius 1 is 1.11 bits per heavy atom. The maximum absolute atomic E-state index is 12.3. The van der Waals surface area contributed by atoms with Crippen molar-refractivity contribution in [1.82, 2.24) is 5.43 Å². The lowest BCUT2D eigenvalue weighted by Gasteiger charge is -2.11. The van der Waals surface area contributed by atoms with E-state index in [1.807, 2.05) is 13.0 Å². The summed E-state index contributed by atoms with van der Waals surface area (Å²) in [4.78, 5) is 23.5. The average Bonchev–Trinajstić information content (AvgIpc) is 2.62. The summed E-state index contributed by atoms with van der Waals surface area (Å²) in [6.45, 7) is 3.21. The van der Waals surface area contributed by atoms with Crippen LogP contribution in [0.3, 0.4) is 0 Å². The number of nitrogens with zero attached hydrogens (tertiary/aromatic N) is 1.